The van der Waals surface area contributed by atoms with Crippen LogP contribution in [0.5, 0.6) is 0 Å². The Kier molecular flexibility index (Phi) is 3.70. The fraction of sp³-hybridized carbons (Fsp3) is 0.739. The van der Waals surface area contributed by atoms with Crippen LogP contribution in [0, 0.1) is 28.1 Å². The molecular formula is C23H34O. The Bertz CT molecular complexity index is 606. The van der Waals surface area contributed by atoms with Crippen molar-refractivity contribution >= 4 is 0 Å². The monoisotopic (exact) mass is 326 g/mol. The standard InChI is InChI=1S/C23H34O/c1-21(2)12-8-13-23(4)19(21)11-14-22(3)17(15-18(24)20(22)23)16-9-6-5-7-10-16/h5-7,9-10,17-20,24H,8,11-15H2,1-4H3/t17-,18+,19+,20+,22-,23+/m0/s1. The summed E-state index contributed by atoms with van der Waals surface area (Å²) < 4.78 is 0. The van der Waals surface area contributed by atoms with E-state index >= 15 is 0 Å². The minimum atomic E-state index is -0.137. The Balaban J connectivity index is 1.76. The van der Waals surface area contributed by atoms with Crippen LogP contribution in [0.25, 0.3) is 0 Å². The fourth-order valence-electron chi connectivity index (χ4n) is 7.74. The first-order chi connectivity index (χ1) is 11.3. The van der Waals surface area contributed by atoms with Gasteiger partial charge in [0.25, 0.3) is 0 Å². The second-order valence-corrected chi connectivity index (χ2v) is 10.2. The van der Waals surface area contributed by atoms with E-state index in [0.717, 1.165) is 12.3 Å². The van der Waals surface area contributed by atoms with Gasteiger partial charge in [-0.25, -0.2) is 0 Å². The molecule has 0 aliphatic heterocycles. The van der Waals surface area contributed by atoms with E-state index in [2.05, 4.69) is 58.0 Å². The second kappa shape index (κ2) is 5.34. The van der Waals surface area contributed by atoms with Gasteiger partial charge in [0.15, 0.2) is 0 Å². The van der Waals surface area contributed by atoms with Gasteiger partial charge in [-0.2, -0.15) is 0 Å². The summed E-state index contributed by atoms with van der Waals surface area (Å²) in [7, 11) is 0. The molecular weight excluding hydrogens is 292 g/mol. The van der Waals surface area contributed by atoms with Crippen molar-refractivity contribution in [2.24, 2.45) is 28.1 Å². The SMILES string of the molecule is CC1(C)CCC[C@@]2(C)[C@@H]3[C@H](O)C[C@@H](c4ccccc4)[C@]3(C)CC[C@H]12. The Morgan fingerprint density at radius 2 is 1.62 bits per heavy atom. The molecule has 0 aromatic heterocycles. The summed E-state index contributed by atoms with van der Waals surface area (Å²) in [6.07, 6.45) is 7.42. The molecule has 4 rings (SSSR count). The van der Waals surface area contributed by atoms with Gasteiger partial charge >= 0.3 is 0 Å². The zero-order chi connectivity index (χ0) is 17.2. The average Bonchev–Trinajstić information content (AvgIpc) is 2.79. The third-order valence-electron chi connectivity index (χ3n) is 8.53. The van der Waals surface area contributed by atoms with Crippen LogP contribution in [-0.2, 0) is 0 Å². The number of fused-ring (bicyclic) bond motifs is 3. The molecule has 1 heteroatoms. The zero-order valence-electron chi connectivity index (χ0n) is 15.9. The zero-order valence-corrected chi connectivity index (χ0v) is 15.9. The average molecular weight is 327 g/mol. The molecule has 3 fully saturated rings. The summed E-state index contributed by atoms with van der Waals surface area (Å²) in [5.74, 6) is 1.73. The van der Waals surface area contributed by atoms with E-state index < -0.39 is 0 Å². The van der Waals surface area contributed by atoms with Crippen molar-refractivity contribution in [3.63, 3.8) is 0 Å². The Labute approximate surface area is 147 Å². The van der Waals surface area contributed by atoms with Gasteiger partial charge in [0.05, 0.1) is 6.10 Å². The maximum atomic E-state index is 11.2. The first-order valence-corrected chi connectivity index (χ1v) is 10.0. The predicted octanol–water partition coefficient (Wildman–Crippen LogP) is 5.78. The van der Waals surface area contributed by atoms with Crippen LogP contribution in [0.3, 0.4) is 0 Å². The lowest BCUT2D eigenvalue weighted by atomic mass is 9.43. The molecule has 1 aromatic carbocycles. The van der Waals surface area contributed by atoms with Crippen molar-refractivity contribution in [3.8, 4) is 0 Å². The van der Waals surface area contributed by atoms with Crippen LogP contribution in [0.4, 0.5) is 0 Å². The van der Waals surface area contributed by atoms with Gasteiger partial charge < -0.3 is 5.11 Å². The maximum Gasteiger partial charge on any atom is 0.0585 e. The molecule has 1 N–H and O–H groups in total. The topological polar surface area (TPSA) is 20.2 Å². The van der Waals surface area contributed by atoms with Gasteiger partial charge in [-0.3, -0.25) is 0 Å². The lowest BCUT2D eigenvalue weighted by molar-refractivity contribution is -0.145. The van der Waals surface area contributed by atoms with Crippen molar-refractivity contribution < 1.29 is 5.11 Å². The molecule has 6 atom stereocenters. The van der Waals surface area contributed by atoms with E-state index in [0.29, 0.717) is 22.7 Å². The van der Waals surface area contributed by atoms with Crippen LogP contribution in [0.15, 0.2) is 30.3 Å². The molecule has 3 aliphatic carbocycles. The minimum Gasteiger partial charge on any atom is -0.393 e. The number of aliphatic hydroxyl groups is 1. The Morgan fingerprint density at radius 1 is 0.917 bits per heavy atom. The molecule has 132 valence electrons. The summed E-state index contributed by atoms with van der Waals surface area (Å²) in [5, 5.41) is 11.2. The summed E-state index contributed by atoms with van der Waals surface area (Å²) in [6, 6.07) is 11.0. The summed E-state index contributed by atoms with van der Waals surface area (Å²) in [4.78, 5) is 0. The molecule has 0 saturated heterocycles. The van der Waals surface area contributed by atoms with E-state index in [1.807, 2.05) is 0 Å². The van der Waals surface area contributed by atoms with Crippen molar-refractivity contribution in [1.29, 1.82) is 0 Å². The highest BCUT2D eigenvalue weighted by atomic mass is 16.3. The molecule has 0 amide bonds. The second-order valence-electron chi connectivity index (χ2n) is 10.2. The lowest BCUT2D eigenvalue weighted by Gasteiger charge is -2.62. The molecule has 0 bridgehead atoms. The first-order valence-electron chi connectivity index (χ1n) is 10.0. The summed E-state index contributed by atoms with van der Waals surface area (Å²) >= 11 is 0. The van der Waals surface area contributed by atoms with Crippen LogP contribution in [0.1, 0.15) is 77.7 Å². The molecule has 1 aromatic rings. The van der Waals surface area contributed by atoms with Gasteiger partial charge in [0.2, 0.25) is 0 Å². The molecule has 0 heterocycles. The number of hydrogen-bond acceptors (Lipinski definition) is 1. The van der Waals surface area contributed by atoms with E-state index in [4.69, 9.17) is 0 Å². The van der Waals surface area contributed by atoms with Crippen LogP contribution >= 0.6 is 0 Å². The highest BCUT2D eigenvalue weighted by molar-refractivity contribution is 5.28. The Morgan fingerprint density at radius 3 is 2.33 bits per heavy atom. The van der Waals surface area contributed by atoms with Gasteiger partial charge in [0, 0.05) is 0 Å². The smallest absolute Gasteiger partial charge is 0.0585 e. The van der Waals surface area contributed by atoms with Crippen molar-refractivity contribution in [2.45, 2.75) is 78.2 Å². The van der Waals surface area contributed by atoms with Gasteiger partial charge in [-0.15, -0.1) is 0 Å². The normalized spacial score (nSPS) is 47.0. The van der Waals surface area contributed by atoms with Crippen molar-refractivity contribution in [3.05, 3.63) is 35.9 Å². The highest BCUT2D eigenvalue weighted by Gasteiger charge is 2.65. The fourth-order valence-corrected chi connectivity index (χ4v) is 7.74. The third-order valence-corrected chi connectivity index (χ3v) is 8.53. The molecule has 0 spiro atoms. The quantitative estimate of drug-likeness (QED) is 0.693. The van der Waals surface area contributed by atoms with E-state index in [1.54, 1.807) is 0 Å². The van der Waals surface area contributed by atoms with Gasteiger partial charge in [0.1, 0.15) is 0 Å². The van der Waals surface area contributed by atoms with Crippen LogP contribution in [-0.4, -0.2) is 11.2 Å². The number of benzene rings is 1. The molecule has 3 aliphatic rings. The first kappa shape index (κ1) is 16.6. The molecule has 0 radical (unpaired) electrons. The van der Waals surface area contributed by atoms with Crippen LogP contribution < -0.4 is 0 Å². The lowest BCUT2D eigenvalue weighted by Crippen LogP contribution is -2.56. The van der Waals surface area contributed by atoms with Gasteiger partial charge in [-0.1, -0.05) is 64.4 Å². The van der Waals surface area contributed by atoms with E-state index in [-0.39, 0.29) is 11.5 Å². The summed E-state index contributed by atoms with van der Waals surface area (Å²) in [5.41, 5.74) is 2.43. The van der Waals surface area contributed by atoms with Crippen molar-refractivity contribution in [1.82, 2.24) is 0 Å². The van der Waals surface area contributed by atoms with E-state index in [9.17, 15) is 5.11 Å². The predicted molar refractivity (Wildman–Crippen MR) is 99.9 cm³/mol. The van der Waals surface area contributed by atoms with Crippen LogP contribution in [0.2, 0.25) is 0 Å². The number of hydrogen-bond donors (Lipinski definition) is 1. The Hall–Kier alpha value is -0.820. The molecule has 24 heavy (non-hydrogen) atoms. The molecule has 1 nitrogen and oxygen atoms in total. The number of aliphatic hydroxyl groups excluding tert-OH is 1. The third kappa shape index (κ3) is 2.16. The highest BCUT2D eigenvalue weighted by Crippen LogP contribution is 2.71. The van der Waals surface area contributed by atoms with Gasteiger partial charge in [-0.05, 0) is 71.7 Å². The minimum absolute atomic E-state index is 0.137. The maximum absolute atomic E-state index is 11.2. The molecule has 0 unspecified atom stereocenters. The van der Waals surface area contributed by atoms with E-state index in [1.165, 1.54) is 37.7 Å². The summed E-state index contributed by atoms with van der Waals surface area (Å²) in [6.45, 7) is 9.98. The largest absolute Gasteiger partial charge is 0.393 e. The molecule has 3 saturated carbocycles. The number of rotatable bonds is 1. The van der Waals surface area contributed by atoms with Crippen molar-refractivity contribution in [2.75, 3.05) is 0 Å².